The number of nitrogens with zero attached hydrogens (tertiary/aromatic N) is 1. The summed E-state index contributed by atoms with van der Waals surface area (Å²) in [5.41, 5.74) is 4.75. The average molecular weight is 434 g/mol. The van der Waals surface area contributed by atoms with Gasteiger partial charge in [0, 0.05) is 35.5 Å². The Kier molecular flexibility index (Phi) is 5.37. The van der Waals surface area contributed by atoms with Crippen molar-refractivity contribution in [2.75, 3.05) is 26.3 Å². The molecule has 1 saturated heterocycles. The number of aryl methyl sites for hydroxylation is 2. The summed E-state index contributed by atoms with van der Waals surface area (Å²) in [4.78, 5) is 27.8. The third kappa shape index (κ3) is 3.85. The first kappa shape index (κ1) is 20.6. The van der Waals surface area contributed by atoms with Gasteiger partial charge in [-0.25, -0.2) is 0 Å². The van der Waals surface area contributed by atoms with Gasteiger partial charge < -0.3 is 18.8 Å². The summed E-state index contributed by atoms with van der Waals surface area (Å²) in [6.45, 7) is 6.33. The topological polar surface area (TPSA) is 69.0 Å². The molecule has 1 fully saturated rings. The van der Waals surface area contributed by atoms with Gasteiger partial charge in [0.25, 0.3) is 0 Å². The molecule has 2 aliphatic rings. The number of piperidine rings is 1. The zero-order valence-electron chi connectivity index (χ0n) is 18.5. The quantitative estimate of drug-likeness (QED) is 0.567. The number of amides is 1. The van der Waals surface area contributed by atoms with E-state index in [0.717, 1.165) is 16.5 Å². The number of Topliss-reactive ketones (excluding diaryl/α,β-unsaturated/α-hetero) is 1. The Balaban J connectivity index is 1.21. The molecule has 3 aromatic rings. The first-order chi connectivity index (χ1) is 15.5. The minimum Gasteiger partial charge on any atom is -0.486 e. The molecule has 0 radical (unpaired) electrons. The molecule has 0 saturated carbocycles. The molecule has 0 spiro atoms. The van der Waals surface area contributed by atoms with E-state index in [1.54, 1.807) is 24.5 Å². The number of hydrogen-bond donors (Lipinski definition) is 0. The van der Waals surface area contributed by atoms with E-state index in [4.69, 9.17) is 13.9 Å². The first-order valence-corrected chi connectivity index (χ1v) is 11.2. The van der Waals surface area contributed by atoms with E-state index in [-0.39, 0.29) is 17.6 Å². The molecule has 0 atom stereocenters. The van der Waals surface area contributed by atoms with Gasteiger partial charge in [0.15, 0.2) is 17.3 Å². The van der Waals surface area contributed by atoms with Gasteiger partial charge in [0.1, 0.15) is 18.8 Å². The van der Waals surface area contributed by atoms with Crippen molar-refractivity contribution in [1.82, 2.24) is 4.90 Å². The molecule has 1 amide bonds. The van der Waals surface area contributed by atoms with Crippen LogP contribution in [0.25, 0.3) is 11.0 Å². The number of carbonyl (C=O) groups excluding carboxylic acids is 2. The molecule has 5 rings (SSSR count). The van der Waals surface area contributed by atoms with Gasteiger partial charge in [-0.2, -0.15) is 0 Å². The Labute approximate surface area is 187 Å². The largest absolute Gasteiger partial charge is 0.486 e. The van der Waals surface area contributed by atoms with E-state index >= 15 is 0 Å². The van der Waals surface area contributed by atoms with Crippen molar-refractivity contribution in [1.29, 1.82) is 0 Å². The highest BCUT2D eigenvalue weighted by atomic mass is 16.6. The van der Waals surface area contributed by atoms with Gasteiger partial charge in [-0.3, -0.25) is 9.59 Å². The van der Waals surface area contributed by atoms with Crippen LogP contribution in [0, 0.1) is 19.8 Å². The molecule has 2 aromatic carbocycles. The van der Waals surface area contributed by atoms with Crippen LogP contribution in [0.5, 0.6) is 11.5 Å². The maximum absolute atomic E-state index is 13.0. The average Bonchev–Trinajstić information content (AvgIpc) is 3.19. The van der Waals surface area contributed by atoms with Crippen LogP contribution in [0.2, 0.25) is 0 Å². The zero-order valence-corrected chi connectivity index (χ0v) is 18.5. The van der Waals surface area contributed by atoms with Crippen LogP contribution < -0.4 is 9.47 Å². The second kappa shape index (κ2) is 8.34. The van der Waals surface area contributed by atoms with Crippen LogP contribution in [0.4, 0.5) is 0 Å². The molecule has 1 aromatic heterocycles. The summed E-state index contributed by atoms with van der Waals surface area (Å²) < 4.78 is 16.8. The number of benzene rings is 2. The number of hydrogen-bond acceptors (Lipinski definition) is 5. The van der Waals surface area contributed by atoms with E-state index < -0.39 is 0 Å². The number of ether oxygens (including phenoxy) is 2. The van der Waals surface area contributed by atoms with Crippen molar-refractivity contribution in [2.24, 2.45) is 5.92 Å². The lowest BCUT2D eigenvalue weighted by atomic mass is 9.88. The second-order valence-corrected chi connectivity index (χ2v) is 8.75. The molecule has 32 heavy (non-hydrogen) atoms. The number of furan rings is 1. The highest BCUT2D eigenvalue weighted by Crippen LogP contribution is 2.33. The van der Waals surface area contributed by atoms with Crippen molar-refractivity contribution in [3.8, 4) is 11.5 Å². The molecule has 166 valence electrons. The van der Waals surface area contributed by atoms with Crippen molar-refractivity contribution < 1.29 is 23.5 Å². The van der Waals surface area contributed by atoms with Crippen LogP contribution in [-0.4, -0.2) is 42.9 Å². The minimum atomic E-state index is -0.0815. The van der Waals surface area contributed by atoms with E-state index in [0.29, 0.717) is 62.6 Å². The summed E-state index contributed by atoms with van der Waals surface area (Å²) in [5, 5.41) is 1.00. The predicted molar refractivity (Wildman–Crippen MR) is 120 cm³/mol. The molecule has 0 aliphatic carbocycles. The van der Waals surface area contributed by atoms with Crippen LogP contribution in [0.15, 0.2) is 41.0 Å². The Bertz CT molecular complexity index is 1190. The molecule has 0 bridgehead atoms. The lowest BCUT2D eigenvalue weighted by Gasteiger charge is -2.31. The Morgan fingerprint density at radius 1 is 0.969 bits per heavy atom. The van der Waals surface area contributed by atoms with Crippen molar-refractivity contribution in [3.63, 3.8) is 0 Å². The molecular formula is C26H27NO5. The van der Waals surface area contributed by atoms with Crippen molar-refractivity contribution in [3.05, 3.63) is 58.8 Å². The molecule has 2 aliphatic heterocycles. The number of likely N-dealkylation sites (tertiary alicyclic amines) is 1. The maximum atomic E-state index is 13.0. The highest BCUT2D eigenvalue weighted by molar-refractivity contribution is 5.98. The smallest absolute Gasteiger partial charge is 0.227 e. The minimum absolute atomic E-state index is 0.0798. The molecule has 0 N–H and O–H groups in total. The second-order valence-electron chi connectivity index (χ2n) is 8.75. The standard InChI is InChI=1S/C26H27NO5/c1-16-11-21-20(15-32-23(21)12-17(16)2)14-25(28)27-7-5-18(6-8-27)26(29)19-3-4-22-24(13-19)31-10-9-30-22/h3-4,11-13,15,18H,5-10,14H2,1-2H3. The van der Waals surface area contributed by atoms with Gasteiger partial charge in [0.05, 0.1) is 12.7 Å². The lowest BCUT2D eigenvalue weighted by molar-refractivity contribution is -0.131. The SMILES string of the molecule is Cc1cc2occ(CC(=O)N3CCC(C(=O)c4ccc5c(c4)OCCO5)CC3)c2cc1C. The van der Waals surface area contributed by atoms with Gasteiger partial charge in [-0.15, -0.1) is 0 Å². The normalized spacial score (nSPS) is 16.4. The summed E-state index contributed by atoms with van der Waals surface area (Å²) >= 11 is 0. The predicted octanol–water partition coefficient (Wildman–Crippen LogP) is 4.48. The Morgan fingerprint density at radius 3 is 2.47 bits per heavy atom. The fourth-order valence-electron chi connectivity index (χ4n) is 4.57. The summed E-state index contributed by atoms with van der Waals surface area (Å²) in [7, 11) is 0. The zero-order chi connectivity index (χ0) is 22.2. The van der Waals surface area contributed by atoms with Gasteiger partial charge in [-0.05, 0) is 68.1 Å². The number of carbonyl (C=O) groups is 2. The van der Waals surface area contributed by atoms with E-state index in [2.05, 4.69) is 19.9 Å². The van der Waals surface area contributed by atoms with Crippen molar-refractivity contribution >= 4 is 22.7 Å². The van der Waals surface area contributed by atoms with Crippen molar-refractivity contribution in [2.45, 2.75) is 33.1 Å². The third-order valence-electron chi connectivity index (χ3n) is 6.66. The lowest BCUT2D eigenvalue weighted by Crippen LogP contribution is -2.41. The Hall–Kier alpha value is -3.28. The fourth-order valence-corrected chi connectivity index (χ4v) is 4.57. The van der Waals surface area contributed by atoms with Crippen LogP contribution in [0.1, 0.15) is 39.9 Å². The Morgan fingerprint density at radius 2 is 1.69 bits per heavy atom. The molecular weight excluding hydrogens is 406 g/mol. The fraction of sp³-hybridized carbons (Fsp3) is 0.385. The molecule has 0 unspecified atom stereocenters. The van der Waals surface area contributed by atoms with E-state index in [1.807, 2.05) is 11.0 Å². The number of ketones is 1. The van der Waals surface area contributed by atoms with E-state index in [1.165, 1.54) is 11.1 Å². The van der Waals surface area contributed by atoms with E-state index in [9.17, 15) is 9.59 Å². The first-order valence-electron chi connectivity index (χ1n) is 11.2. The monoisotopic (exact) mass is 433 g/mol. The number of rotatable bonds is 4. The summed E-state index contributed by atoms with van der Waals surface area (Å²) in [6.07, 6.45) is 3.35. The molecule has 3 heterocycles. The van der Waals surface area contributed by atoms with Crippen LogP contribution >= 0.6 is 0 Å². The van der Waals surface area contributed by atoms with Gasteiger partial charge in [0.2, 0.25) is 5.91 Å². The summed E-state index contributed by atoms with van der Waals surface area (Å²) in [5.74, 6) is 1.43. The van der Waals surface area contributed by atoms with Gasteiger partial charge in [-0.1, -0.05) is 0 Å². The van der Waals surface area contributed by atoms with Gasteiger partial charge >= 0.3 is 0 Å². The van der Waals surface area contributed by atoms with Crippen LogP contribution in [-0.2, 0) is 11.2 Å². The molecule has 6 heteroatoms. The summed E-state index contributed by atoms with van der Waals surface area (Å²) in [6, 6.07) is 9.50. The third-order valence-corrected chi connectivity index (χ3v) is 6.66. The van der Waals surface area contributed by atoms with Crippen LogP contribution in [0.3, 0.4) is 0 Å². The highest BCUT2D eigenvalue weighted by Gasteiger charge is 2.29. The number of fused-ring (bicyclic) bond motifs is 2. The molecule has 6 nitrogen and oxygen atoms in total. The maximum Gasteiger partial charge on any atom is 0.227 e.